The van der Waals surface area contributed by atoms with Crippen LogP contribution in [0.5, 0.6) is 0 Å². The van der Waals surface area contributed by atoms with Crippen molar-refractivity contribution >= 4 is 46.5 Å². The van der Waals surface area contributed by atoms with Gasteiger partial charge in [0.05, 0.1) is 12.5 Å². The second kappa shape index (κ2) is 17.3. The lowest BCUT2D eigenvalue weighted by Gasteiger charge is -2.24. The average molecular weight is 604 g/mol. The number of rotatable bonds is 19. The fourth-order valence-electron chi connectivity index (χ4n) is 4.34. The molecule has 2 rings (SSSR count). The van der Waals surface area contributed by atoms with E-state index in [4.69, 9.17) is 22.9 Å². The lowest BCUT2D eigenvalue weighted by Crippen LogP contribution is -2.57. The van der Waals surface area contributed by atoms with Crippen molar-refractivity contribution in [1.82, 2.24) is 20.9 Å². The van der Waals surface area contributed by atoms with Crippen LogP contribution in [-0.2, 0) is 30.4 Å². The molecule has 1 heterocycles. The molecule has 236 valence electrons. The first kappa shape index (κ1) is 34.5. The van der Waals surface area contributed by atoms with Crippen LogP contribution >= 0.6 is 0 Å². The Bertz CT molecular complexity index is 1290. The maximum absolute atomic E-state index is 13.3. The summed E-state index contributed by atoms with van der Waals surface area (Å²) in [6.07, 6.45) is 2.37. The van der Waals surface area contributed by atoms with Crippen molar-refractivity contribution in [2.45, 2.75) is 69.1 Å². The van der Waals surface area contributed by atoms with Crippen molar-refractivity contribution in [3.05, 3.63) is 36.0 Å². The van der Waals surface area contributed by atoms with Gasteiger partial charge in [-0.1, -0.05) is 18.2 Å². The summed E-state index contributed by atoms with van der Waals surface area (Å²) in [5.74, 6) is -5.28. The number of unbranched alkanes of at least 4 members (excludes halogenated alkanes) is 1. The second-order valence-corrected chi connectivity index (χ2v) is 10.0. The normalized spacial score (nSPS) is 13.7. The fraction of sp³-hybridized carbons (Fsp3) is 0.481. The quantitative estimate of drug-likeness (QED) is 0.0487. The van der Waals surface area contributed by atoms with Crippen molar-refractivity contribution in [2.24, 2.45) is 27.9 Å². The molecule has 0 radical (unpaired) electrons. The number of H-pyrrole nitrogens is 1. The van der Waals surface area contributed by atoms with Crippen molar-refractivity contribution in [3.63, 3.8) is 0 Å². The first-order valence-electron chi connectivity index (χ1n) is 13.8. The van der Waals surface area contributed by atoms with E-state index in [-0.39, 0.29) is 31.8 Å². The number of hydrogen-bond donors (Lipinski definition) is 10. The monoisotopic (exact) mass is 603 g/mol. The van der Waals surface area contributed by atoms with E-state index in [1.165, 1.54) is 0 Å². The first-order chi connectivity index (χ1) is 20.4. The molecule has 0 aliphatic carbocycles. The van der Waals surface area contributed by atoms with Gasteiger partial charge >= 0.3 is 11.9 Å². The molecule has 0 saturated heterocycles. The number of aliphatic carboxylic acids is 2. The van der Waals surface area contributed by atoms with Crippen LogP contribution in [0.15, 0.2) is 35.5 Å². The number of para-hydroxylation sites is 1. The molecule has 1 aromatic heterocycles. The summed E-state index contributed by atoms with van der Waals surface area (Å²) in [7, 11) is 0. The molecule has 16 heteroatoms. The number of guanidine groups is 1. The highest BCUT2D eigenvalue weighted by atomic mass is 16.4. The van der Waals surface area contributed by atoms with E-state index in [1.807, 2.05) is 24.3 Å². The topological polar surface area (TPSA) is 294 Å². The highest BCUT2D eigenvalue weighted by Gasteiger charge is 2.31. The van der Waals surface area contributed by atoms with Gasteiger partial charge in [0.15, 0.2) is 5.96 Å². The van der Waals surface area contributed by atoms with Gasteiger partial charge in [0.1, 0.15) is 18.1 Å². The Balaban J connectivity index is 2.14. The number of carbonyl (C=O) groups excluding carboxylic acids is 3. The molecule has 3 amide bonds. The lowest BCUT2D eigenvalue weighted by molar-refractivity contribution is -0.143. The van der Waals surface area contributed by atoms with E-state index in [2.05, 4.69) is 25.9 Å². The molecule has 4 unspecified atom stereocenters. The van der Waals surface area contributed by atoms with Crippen LogP contribution in [-0.4, -0.2) is 88.1 Å². The van der Waals surface area contributed by atoms with Gasteiger partial charge < -0.3 is 54.1 Å². The molecule has 0 spiro atoms. The summed E-state index contributed by atoms with van der Waals surface area (Å²) in [5.41, 5.74) is 23.4. The van der Waals surface area contributed by atoms with E-state index in [0.717, 1.165) is 10.9 Å². The minimum absolute atomic E-state index is 0.0344. The Kier molecular flexibility index (Phi) is 13.9. The third-order valence-corrected chi connectivity index (χ3v) is 6.61. The number of carboxylic acids is 2. The maximum atomic E-state index is 13.3. The predicted molar refractivity (Wildman–Crippen MR) is 158 cm³/mol. The second-order valence-electron chi connectivity index (χ2n) is 10.0. The van der Waals surface area contributed by atoms with E-state index in [0.29, 0.717) is 31.4 Å². The van der Waals surface area contributed by atoms with E-state index >= 15 is 0 Å². The number of aliphatic imine (C=N–C) groups is 1. The number of nitrogens with one attached hydrogen (secondary N) is 4. The summed E-state index contributed by atoms with van der Waals surface area (Å²) in [6.45, 7) is 0.541. The van der Waals surface area contributed by atoms with Crippen LogP contribution < -0.4 is 38.9 Å². The molecule has 0 saturated carbocycles. The van der Waals surface area contributed by atoms with Crippen LogP contribution in [0.2, 0.25) is 0 Å². The number of nitrogens with two attached hydrogens (primary N) is 4. The Morgan fingerprint density at radius 1 is 0.860 bits per heavy atom. The Hall–Kier alpha value is -4.70. The number of hydrogen-bond acceptors (Lipinski definition) is 8. The van der Waals surface area contributed by atoms with Gasteiger partial charge in [-0.25, -0.2) is 4.79 Å². The summed E-state index contributed by atoms with van der Waals surface area (Å²) < 4.78 is 0. The molecule has 4 atom stereocenters. The number of aromatic amines is 1. The molecule has 14 N–H and O–H groups in total. The Morgan fingerprint density at radius 3 is 2.16 bits per heavy atom. The first-order valence-corrected chi connectivity index (χ1v) is 13.8. The molecule has 0 aliphatic rings. The molecular weight excluding hydrogens is 562 g/mol. The van der Waals surface area contributed by atoms with Gasteiger partial charge in [-0.3, -0.25) is 24.2 Å². The summed E-state index contributed by atoms with van der Waals surface area (Å²) in [5, 5.41) is 27.3. The number of aromatic nitrogens is 1. The van der Waals surface area contributed by atoms with Gasteiger partial charge in [-0.2, -0.15) is 0 Å². The molecule has 16 nitrogen and oxygen atoms in total. The summed E-state index contributed by atoms with van der Waals surface area (Å²) >= 11 is 0. The Labute approximate surface area is 248 Å². The minimum Gasteiger partial charge on any atom is -0.481 e. The molecule has 0 aliphatic heterocycles. The van der Waals surface area contributed by atoms with Gasteiger partial charge in [0, 0.05) is 30.1 Å². The van der Waals surface area contributed by atoms with Crippen molar-refractivity contribution in [2.75, 3.05) is 13.1 Å². The number of carboxylic acid groups (broad SMARTS) is 2. The van der Waals surface area contributed by atoms with Crippen LogP contribution in [0.25, 0.3) is 10.9 Å². The molecule has 1 aromatic carbocycles. The third-order valence-electron chi connectivity index (χ3n) is 6.61. The molecule has 2 aromatic rings. The summed E-state index contributed by atoms with van der Waals surface area (Å²) in [4.78, 5) is 69.4. The van der Waals surface area contributed by atoms with E-state index in [9.17, 15) is 34.2 Å². The minimum atomic E-state index is -1.56. The number of carbonyl (C=O) groups is 5. The standard InChI is InChI=1S/C27H41N9O7/c28-10-4-3-9-19(24(40)36-21(26(42)43)12-15-14-33-18-8-2-1-6-16(15)18)34-25(41)20(13-22(37)38)35-23(39)17(29)7-5-11-32-27(30)31/h1-2,6,8,14,17,19-21,33H,3-5,7,9-13,28-29H2,(H,34,41)(H,35,39)(H,36,40)(H,37,38)(H,42,43)(H4,30,31,32). The summed E-state index contributed by atoms with van der Waals surface area (Å²) in [6, 6.07) is 2.10. The average Bonchev–Trinajstić information content (AvgIpc) is 3.36. The van der Waals surface area contributed by atoms with Crippen LogP contribution in [0.3, 0.4) is 0 Å². The number of nitrogens with zero attached hydrogens (tertiary/aromatic N) is 1. The molecular formula is C27H41N9O7. The molecule has 43 heavy (non-hydrogen) atoms. The molecule has 0 fully saturated rings. The fourth-order valence-corrected chi connectivity index (χ4v) is 4.34. The van der Waals surface area contributed by atoms with Crippen LogP contribution in [0.1, 0.15) is 44.1 Å². The lowest BCUT2D eigenvalue weighted by atomic mass is 10.0. The largest absolute Gasteiger partial charge is 0.481 e. The highest BCUT2D eigenvalue weighted by molar-refractivity contribution is 5.95. The van der Waals surface area contributed by atoms with E-state index in [1.54, 1.807) is 6.20 Å². The SMILES string of the molecule is NCCCCC(NC(=O)C(CC(=O)O)NC(=O)C(N)CCCN=C(N)N)C(=O)NC(Cc1c[nH]c2ccccc12)C(=O)O. The van der Waals surface area contributed by atoms with Crippen LogP contribution in [0, 0.1) is 0 Å². The van der Waals surface area contributed by atoms with Crippen molar-refractivity contribution in [1.29, 1.82) is 0 Å². The number of fused-ring (bicyclic) bond motifs is 1. The highest BCUT2D eigenvalue weighted by Crippen LogP contribution is 2.19. The van der Waals surface area contributed by atoms with Gasteiger partial charge in [-0.05, 0) is 50.3 Å². The zero-order valence-electron chi connectivity index (χ0n) is 23.8. The van der Waals surface area contributed by atoms with E-state index < -0.39 is 60.2 Å². The van der Waals surface area contributed by atoms with Crippen LogP contribution in [0.4, 0.5) is 0 Å². The molecule has 0 bridgehead atoms. The number of amides is 3. The van der Waals surface area contributed by atoms with Crippen molar-refractivity contribution < 1.29 is 34.2 Å². The van der Waals surface area contributed by atoms with Gasteiger partial charge in [-0.15, -0.1) is 0 Å². The predicted octanol–water partition coefficient (Wildman–Crippen LogP) is -1.77. The third kappa shape index (κ3) is 11.6. The number of benzene rings is 1. The zero-order chi connectivity index (χ0) is 31.9. The Morgan fingerprint density at radius 2 is 1.51 bits per heavy atom. The smallest absolute Gasteiger partial charge is 0.326 e. The van der Waals surface area contributed by atoms with Crippen molar-refractivity contribution in [3.8, 4) is 0 Å². The maximum Gasteiger partial charge on any atom is 0.326 e. The zero-order valence-corrected chi connectivity index (χ0v) is 23.8. The van der Waals surface area contributed by atoms with Gasteiger partial charge in [0.25, 0.3) is 0 Å². The van der Waals surface area contributed by atoms with Gasteiger partial charge in [0.2, 0.25) is 17.7 Å².